The van der Waals surface area contributed by atoms with E-state index in [9.17, 15) is 4.79 Å². The molecule has 0 atom stereocenters. The van der Waals surface area contributed by atoms with E-state index in [1.54, 1.807) is 0 Å². The molecule has 0 saturated carbocycles. The molecule has 1 nitrogen and oxygen atoms in total. The number of carbonyl (C=O) groups excluding carboxylic acids is 1. The van der Waals surface area contributed by atoms with Crippen LogP contribution in [0.3, 0.4) is 0 Å². The summed E-state index contributed by atoms with van der Waals surface area (Å²) in [7, 11) is 0. The fourth-order valence-electron chi connectivity index (χ4n) is 3.93. The van der Waals surface area contributed by atoms with Crippen molar-refractivity contribution in [3.63, 3.8) is 0 Å². The van der Waals surface area contributed by atoms with Gasteiger partial charge in [0.2, 0.25) is 0 Å². The minimum Gasteiger partial charge on any atom is -0.291 e. The van der Waals surface area contributed by atoms with Gasteiger partial charge in [0.15, 0.2) is 6.29 Å². The van der Waals surface area contributed by atoms with Gasteiger partial charge in [0.1, 0.15) is 0 Å². The van der Waals surface area contributed by atoms with Gasteiger partial charge in [-0.1, -0.05) is 142 Å². The van der Waals surface area contributed by atoms with Gasteiger partial charge in [0, 0.05) is 6.42 Å². The van der Waals surface area contributed by atoms with Crippen molar-refractivity contribution < 1.29 is 4.79 Å². The molecule has 0 aliphatic carbocycles. The Morgan fingerprint density at radius 3 is 0.963 bits per heavy atom. The number of rotatable bonds is 23. The van der Waals surface area contributed by atoms with E-state index in [1.165, 1.54) is 128 Å². The van der Waals surface area contributed by atoms with Crippen LogP contribution in [-0.4, -0.2) is 6.29 Å². The summed E-state index contributed by atoms with van der Waals surface area (Å²) in [4.78, 5) is 10.1. The Labute approximate surface area is 172 Å². The average molecular weight is 380 g/mol. The van der Waals surface area contributed by atoms with E-state index in [-0.39, 0.29) is 0 Å². The third-order valence-electron chi connectivity index (χ3n) is 5.81. The van der Waals surface area contributed by atoms with Gasteiger partial charge in [-0.05, 0) is 12.3 Å². The summed E-state index contributed by atoms with van der Waals surface area (Å²) in [5, 5.41) is 0. The minimum atomic E-state index is 0.637. The van der Waals surface area contributed by atoms with E-state index in [2.05, 4.69) is 13.8 Å². The first-order valence-electron chi connectivity index (χ1n) is 12.6. The Morgan fingerprint density at radius 1 is 0.444 bits per heavy atom. The predicted molar refractivity (Wildman–Crippen MR) is 122 cm³/mol. The number of hydrogen-bond donors (Lipinski definition) is 0. The summed E-state index contributed by atoms with van der Waals surface area (Å²) >= 11 is 0. The van der Waals surface area contributed by atoms with Crippen molar-refractivity contribution in [2.75, 3.05) is 0 Å². The zero-order valence-electron chi connectivity index (χ0n) is 19.0. The van der Waals surface area contributed by atoms with Gasteiger partial charge in [0.25, 0.3) is 0 Å². The highest BCUT2D eigenvalue weighted by Gasteiger charge is 1.96. The van der Waals surface area contributed by atoms with Gasteiger partial charge in [0.05, 0.1) is 0 Å². The molecule has 1 radical (unpaired) electrons. The van der Waals surface area contributed by atoms with Crippen molar-refractivity contribution in [2.45, 2.75) is 155 Å². The van der Waals surface area contributed by atoms with E-state index in [1.807, 2.05) is 6.29 Å². The fourth-order valence-corrected chi connectivity index (χ4v) is 3.93. The standard InChI is InChI=1S/C26H51O/c1-26(2)24-22-20-18-16-14-12-10-8-6-4-3-5-7-9-11-13-15-17-19-21-23-25-27/h26H,3-24H2,1-2H3. The molecule has 161 valence electrons. The molecule has 0 aromatic rings. The van der Waals surface area contributed by atoms with Crippen LogP contribution < -0.4 is 0 Å². The zero-order chi connectivity index (χ0) is 19.8. The van der Waals surface area contributed by atoms with Crippen molar-refractivity contribution in [3.8, 4) is 0 Å². The molecule has 0 saturated heterocycles. The molecular formula is C26H51O. The predicted octanol–water partition coefficient (Wildman–Crippen LogP) is 9.33. The lowest BCUT2D eigenvalue weighted by Crippen LogP contribution is -1.87. The van der Waals surface area contributed by atoms with E-state index >= 15 is 0 Å². The Morgan fingerprint density at radius 2 is 0.704 bits per heavy atom. The fraction of sp³-hybridized carbons (Fsp3) is 0.962. The highest BCUT2D eigenvalue weighted by Crippen LogP contribution is 2.15. The van der Waals surface area contributed by atoms with E-state index in [4.69, 9.17) is 0 Å². The number of hydrogen-bond acceptors (Lipinski definition) is 1. The Balaban J connectivity index is 2.98. The minimum absolute atomic E-state index is 0.637. The molecule has 0 N–H and O–H groups in total. The van der Waals surface area contributed by atoms with E-state index in [0.29, 0.717) is 6.42 Å². The molecule has 0 spiro atoms. The van der Waals surface area contributed by atoms with Crippen LogP contribution in [0, 0.1) is 5.92 Å². The molecule has 0 aromatic heterocycles. The lowest BCUT2D eigenvalue weighted by atomic mass is 10.0. The summed E-state index contributed by atoms with van der Waals surface area (Å²) in [6.07, 6.45) is 32.2. The topological polar surface area (TPSA) is 17.1 Å². The van der Waals surface area contributed by atoms with Crippen molar-refractivity contribution in [3.05, 3.63) is 0 Å². The van der Waals surface area contributed by atoms with Gasteiger partial charge in [-0.25, -0.2) is 0 Å². The Bertz CT molecular complexity index is 271. The molecule has 27 heavy (non-hydrogen) atoms. The smallest absolute Gasteiger partial charge is 0.198 e. The second-order valence-corrected chi connectivity index (χ2v) is 9.15. The van der Waals surface area contributed by atoms with Crippen LogP contribution in [0.25, 0.3) is 0 Å². The maximum atomic E-state index is 10.1. The van der Waals surface area contributed by atoms with Crippen LogP contribution in [0.2, 0.25) is 0 Å². The molecule has 0 amide bonds. The Hall–Kier alpha value is -0.330. The van der Waals surface area contributed by atoms with Crippen LogP contribution >= 0.6 is 0 Å². The third-order valence-corrected chi connectivity index (χ3v) is 5.81. The molecule has 0 rings (SSSR count). The second kappa shape index (κ2) is 23.7. The summed E-state index contributed by atoms with van der Waals surface area (Å²) in [6.45, 7) is 4.67. The van der Waals surface area contributed by atoms with E-state index in [0.717, 1.165) is 12.3 Å². The van der Waals surface area contributed by atoms with Crippen molar-refractivity contribution >= 4 is 6.29 Å². The van der Waals surface area contributed by atoms with Gasteiger partial charge >= 0.3 is 0 Å². The Kier molecular flexibility index (Phi) is 23.4. The highest BCUT2D eigenvalue weighted by atomic mass is 16.1. The average Bonchev–Trinajstić information content (AvgIpc) is 2.65. The van der Waals surface area contributed by atoms with Gasteiger partial charge in [-0.2, -0.15) is 0 Å². The lowest BCUT2D eigenvalue weighted by Gasteiger charge is -2.05. The lowest BCUT2D eigenvalue weighted by molar-refractivity contribution is 0.500. The molecule has 0 heterocycles. The molecule has 0 aliphatic heterocycles. The van der Waals surface area contributed by atoms with Gasteiger partial charge in [-0.15, -0.1) is 0 Å². The maximum absolute atomic E-state index is 10.1. The van der Waals surface area contributed by atoms with Crippen LogP contribution in [0.4, 0.5) is 0 Å². The van der Waals surface area contributed by atoms with Crippen molar-refractivity contribution in [1.29, 1.82) is 0 Å². The molecule has 0 aromatic carbocycles. The van der Waals surface area contributed by atoms with E-state index < -0.39 is 0 Å². The molecule has 0 fully saturated rings. The largest absolute Gasteiger partial charge is 0.291 e. The zero-order valence-corrected chi connectivity index (χ0v) is 19.0. The molecule has 0 unspecified atom stereocenters. The second-order valence-electron chi connectivity index (χ2n) is 9.15. The van der Waals surface area contributed by atoms with Crippen molar-refractivity contribution in [1.82, 2.24) is 0 Å². The van der Waals surface area contributed by atoms with Crippen LogP contribution in [0.15, 0.2) is 0 Å². The monoisotopic (exact) mass is 379 g/mol. The van der Waals surface area contributed by atoms with Gasteiger partial charge in [-0.3, -0.25) is 4.79 Å². The van der Waals surface area contributed by atoms with Crippen molar-refractivity contribution in [2.24, 2.45) is 5.92 Å². The first-order valence-corrected chi connectivity index (χ1v) is 12.6. The van der Waals surface area contributed by atoms with Crippen LogP contribution in [-0.2, 0) is 4.79 Å². The first kappa shape index (κ1) is 26.7. The summed E-state index contributed by atoms with van der Waals surface area (Å²) < 4.78 is 0. The maximum Gasteiger partial charge on any atom is 0.198 e. The summed E-state index contributed by atoms with van der Waals surface area (Å²) in [6, 6.07) is 0. The summed E-state index contributed by atoms with van der Waals surface area (Å²) in [5.74, 6) is 0.889. The first-order chi connectivity index (χ1) is 13.3. The molecule has 0 aliphatic rings. The SMILES string of the molecule is CC(C)CCCCCCCCCCCCCCCCCCCCCC[C]=O. The third kappa shape index (κ3) is 25.7. The van der Waals surface area contributed by atoms with Gasteiger partial charge < -0.3 is 0 Å². The number of unbranched alkanes of at least 4 members (excludes halogenated alkanes) is 20. The van der Waals surface area contributed by atoms with Crippen LogP contribution in [0.1, 0.15) is 155 Å². The quantitative estimate of drug-likeness (QED) is 0.162. The normalized spacial score (nSPS) is 11.4. The van der Waals surface area contributed by atoms with Crippen LogP contribution in [0.5, 0.6) is 0 Å². The molecule has 1 heteroatoms. The summed E-state index contributed by atoms with van der Waals surface area (Å²) in [5.41, 5.74) is 0. The molecule has 0 bridgehead atoms. The highest BCUT2D eigenvalue weighted by molar-refractivity contribution is 5.50. The molecular weight excluding hydrogens is 328 g/mol.